The number of phenols is 1. The maximum absolute atomic E-state index is 12.4. The fourth-order valence-corrected chi connectivity index (χ4v) is 2.55. The highest BCUT2D eigenvalue weighted by Crippen LogP contribution is 2.07. The summed E-state index contributed by atoms with van der Waals surface area (Å²) >= 11 is 0. The summed E-state index contributed by atoms with van der Waals surface area (Å²) < 4.78 is 5.72. The zero-order valence-electron chi connectivity index (χ0n) is 14.5. The van der Waals surface area contributed by atoms with Gasteiger partial charge in [-0.25, -0.2) is 0 Å². The standard InChI is InChI=1S/C19H25BN2O3/c1-14-5-7-15(8-6-14)20(16-9-11-17(23)12-10-16)25-19(24)18(22)4-2-3-13-21/h5-12,18,23H,2-4,13,21-22H2,1H3. The molecular formula is C19H25BN2O3. The second-order valence-corrected chi connectivity index (χ2v) is 6.21. The summed E-state index contributed by atoms with van der Waals surface area (Å²) in [6.45, 7) is 2.02. The lowest BCUT2D eigenvalue weighted by molar-refractivity contribution is -0.136. The Balaban J connectivity index is 2.18. The molecule has 2 aromatic rings. The lowest BCUT2D eigenvalue weighted by Gasteiger charge is -2.18. The van der Waals surface area contributed by atoms with Gasteiger partial charge in [-0.2, -0.15) is 0 Å². The molecule has 0 bridgehead atoms. The Morgan fingerprint density at radius 2 is 1.64 bits per heavy atom. The van der Waals surface area contributed by atoms with Crippen molar-refractivity contribution in [2.45, 2.75) is 32.2 Å². The van der Waals surface area contributed by atoms with Crippen molar-refractivity contribution in [1.29, 1.82) is 0 Å². The Morgan fingerprint density at radius 3 is 2.20 bits per heavy atom. The molecule has 0 aromatic heterocycles. The number of phenolic OH excluding ortho intramolecular Hbond substituents is 1. The van der Waals surface area contributed by atoms with E-state index in [-0.39, 0.29) is 5.75 Å². The van der Waals surface area contributed by atoms with Crippen molar-refractivity contribution < 1.29 is 14.6 Å². The first kappa shape index (κ1) is 19.0. The zero-order valence-corrected chi connectivity index (χ0v) is 14.5. The van der Waals surface area contributed by atoms with Crippen molar-refractivity contribution >= 4 is 23.8 Å². The Bertz CT molecular complexity index is 629. The van der Waals surface area contributed by atoms with E-state index in [9.17, 15) is 9.90 Å². The predicted octanol–water partition coefficient (Wildman–Crippen LogP) is 0.806. The van der Waals surface area contributed by atoms with Crippen molar-refractivity contribution in [1.82, 2.24) is 0 Å². The summed E-state index contributed by atoms with van der Waals surface area (Å²) in [7, 11) is 0. The average molecular weight is 340 g/mol. The molecule has 1 atom stereocenters. The second-order valence-electron chi connectivity index (χ2n) is 6.21. The third kappa shape index (κ3) is 5.62. The number of aryl methyl sites for hydroxylation is 1. The van der Waals surface area contributed by atoms with Crippen LogP contribution in [-0.2, 0) is 9.45 Å². The zero-order chi connectivity index (χ0) is 18.2. The first-order valence-electron chi connectivity index (χ1n) is 8.53. The van der Waals surface area contributed by atoms with Gasteiger partial charge >= 0.3 is 12.9 Å². The summed E-state index contributed by atoms with van der Waals surface area (Å²) in [5.74, 6) is -0.271. The normalized spacial score (nSPS) is 11.8. The van der Waals surface area contributed by atoms with Crippen molar-refractivity contribution in [3.63, 3.8) is 0 Å². The van der Waals surface area contributed by atoms with Gasteiger partial charge in [-0.3, -0.25) is 4.79 Å². The summed E-state index contributed by atoms with van der Waals surface area (Å²) in [4.78, 5) is 12.4. The van der Waals surface area contributed by atoms with Crippen LogP contribution >= 0.6 is 0 Å². The summed E-state index contributed by atoms with van der Waals surface area (Å²) in [6.07, 6.45) is 2.17. The van der Waals surface area contributed by atoms with E-state index in [0.29, 0.717) is 13.0 Å². The number of benzene rings is 2. The first-order valence-corrected chi connectivity index (χ1v) is 8.53. The predicted molar refractivity (Wildman–Crippen MR) is 101 cm³/mol. The van der Waals surface area contributed by atoms with Gasteiger partial charge in [-0.15, -0.1) is 0 Å². The highest BCUT2D eigenvalue weighted by molar-refractivity contribution is 6.81. The topological polar surface area (TPSA) is 98.6 Å². The Hall–Kier alpha value is -2.31. The Morgan fingerprint density at radius 1 is 1.08 bits per heavy atom. The van der Waals surface area contributed by atoms with Crippen molar-refractivity contribution in [2.24, 2.45) is 11.5 Å². The summed E-state index contributed by atoms with van der Waals surface area (Å²) in [5.41, 5.74) is 14.2. The van der Waals surface area contributed by atoms with Crippen LogP contribution in [0.5, 0.6) is 5.75 Å². The van der Waals surface area contributed by atoms with Gasteiger partial charge in [0.1, 0.15) is 11.8 Å². The Kier molecular flexibility index (Phi) is 7.04. The maximum atomic E-state index is 12.4. The number of rotatable bonds is 8. The van der Waals surface area contributed by atoms with Gasteiger partial charge in [0.2, 0.25) is 0 Å². The van der Waals surface area contributed by atoms with Gasteiger partial charge in [-0.05, 0) is 49.4 Å². The van der Waals surface area contributed by atoms with Crippen LogP contribution in [0.25, 0.3) is 0 Å². The third-order valence-corrected chi connectivity index (χ3v) is 4.08. The monoisotopic (exact) mass is 340 g/mol. The quantitative estimate of drug-likeness (QED) is 0.488. The number of nitrogens with two attached hydrogens (primary N) is 2. The molecule has 0 heterocycles. The molecule has 6 heteroatoms. The molecule has 0 aliphatic carbocycles. The lowest BCUT2D eigenvalue weighted by Crippen LogP contribution is -2.49. The van der Waals surface area contributed by atoms with E-state index in [1.54, 1.807) is 24.3 Å². The molecule has 0 spiro atoms. The molecule has 1 unspecified atom stereocenters. The molecular weight excluding hydrogens is 315 g/mol. The number of unbranched alkanes of at least 4 members (excludes halogenated alkanes) is 1. The van der Waals surface area contributed by atoms with Gasteiger partial charge < -0.3 is 21.2 Å². The molecule has 25 heavy (non-hydrogen) atoms. The highest BCUT2D eigenvalue weighted by Gasteiger charge is 2.28. The SMILES string of the molecule is Cc1ccc(B(OC(=O)C(N)CCCCN)c2ccc(O)cc2)cc1. The number of hydrogen-bond donors (Lipinski definition) is 3. The van der Waals surface area contributed by atoms with Crippen LogP contribution in [0, 0.1) is 6.92 Å². The fraction of sp³-hybridized carbons (Fsp3) is 0.316. The van der Waals surface area contributed by atoms with Crippen LogP contribution < -0.4 is 22.4 Å². The molecule has 0 saturated carbocycles. The molecule has 132 valence electrons. The minimum atomic E-state index is -0.670. The van der Waals surface area contributed by atoms with E-state index in [2.05, 4.69) is 0 Å². The highest BCUT2D eigenvalue weighted by atomic mass is 16.5. The van der Waals surface area contributed by atoms with Crippen molar-refractivity contribution in [3.8, 4) is 5.75 Å². The molecule has 0 fully saturated rings. The maximum Gasteiger partial charge on any atom is 0.429 e. The van der Waals surface area contributed by atoms with Crippen LogP contribution in [0.1, 0.15) is 24.8 Å². The van der Waals surface area contributed by atoms with Crippen LogP contribution in [0.2, 0.25) is 0 Å². The van der Waals surface area contributed by atoms with E-state index in [4.69, 9.17) is 16.1 Å². The van der Waals surface area contributed by atoms with E-state index in [0.717, 1.165) is 29.3 Å². The Labute approximate surface area is 149 Å². The number of carbonyl (C=O) groups is 1. The molecule has 2 rings (SSSR count). The fourth-order valence-electron chi connectivity index (χ4n) is 2.55. The molecule has 5 nitrogen and oxygen atoms in total. The first-order chi connectivity index (χ1) is 12.0. The van der Waals surface area contributed by atoms with E-state index < -0.39 is 18.9 Å². The van der Waals surface area contributed by atoms with Gasteiger partial charge in [-0.1, -0.05) is 48.4 Å². The van der Waals surface area contributed by atoms with Gasteiger partial charge in [0, 0.05) is 0 Å². The van der Waals surface area contributed by atoms with Gasteiger partial charge in [0.25, 0.3) is 0 Å². The smallest absolute Gasteiger partial charge is 0.429 e. The second kappa shape index (κ2) is 9.25. The molecule has 0 aliphatic rings. The van der Waals surface area contributed by atoms with Crippen LogP contribution in [0.3, 0.4) is 0 Å². The minimum absolute atomic E-state index is 0.163. The van der Waals surface area contributed by atoms with Crippen molar-refractivity contribution in [3.05, 3.63) is 54.1 Å². The summed E-state index contributed by atoms with van der Waals surface area (Å²) in [6, 6.07) is 13.8. The van der Waals surface area contributed by atoms with Gasteiger partial charge in [0.05, 0.1) is 0 Å². The molecule has 0 amide bonds. The molecule has 2 aromatic carbocycles. The van der Waals surface area contributed by atoms with Crippen LogP contribution in [0.4, 0.5) is 0 Å². The molecule has 0 saturated heterocycles. The van der Waals surface area contributed by atoms with E-state index in [1.807, 2.05) is 31.2 Å². The molecule has 0 aliphatic heterocycles. The van der Waals surface area contributed by atoms with E-state index in [1.165, 1.54) is 0 Å². The lowest BCUT2D eigenvalue weighted by atomic mass is 9.55. The average Bonchev–Trinajstić information content (AvgIpc) is 2.61. The minimum Gasteiger partial charge on any atom is -0.525 e. The molecule has 5 N–H and O–H groups in total. The largest absolute Gasteiger partial charge is 0.525 e. The van der Waals surface area contributed by atoms with Crippen molar-refractivity contribution in [2.75, 3.05) is 6.54 Å². The van der Waals surface area contributed by atoms with Crippen LogP contribution in [-0.4, -0.2) is 30.6 Å². The summed E-state index contributed by atoms with van der Waals surface area (Å²) in [5, 5.41) is 9.50. The number of carbonyl (C=O) groups excluding carboxylic acids is 1. The number of aromatic hydroxyl groups is 1. The number of hydrogen-bond acceptors (Lipinski definition) is 5. The third-order valence-electron chi connectivity index (χ3n) is 4.08. The van der Waals surface area contributed by atoms with Crippen LogP contribution in [0.15, 0.2) is 48.5 Å². The van der Waals surface area contributed by atoms with E-state index >= 15 is 0 Å². The molecule has 0 radical (unpaired) electrons. The van der Waals surface area contributed by atoms with Gasteiger partial charge in [0.15, 0.2) is 0 Å².